The van der Waals surface area contributed by atoms with Crippen molar-refractivity contribution in [1.29, 1.82) is 10.5 Å². The van der Waals surface area contributed by atoms with E-state index in [1.165, 1.54) is 0 Å². The summed E-state index contributed by atoms with van der Waals surface area (Å²) < 4.78 is 0. The van der Waals surface area contributed by atoms with Gasteiger partial charge in [0.05, 0.1) is 17.2 Å². The Morgan fingerprint density at radius 1 is 1.19 bits per heavy atom. The van der Waals surface area contributed by atoms with Gasteiger partial charge in [-0.15, -0.1) is 0 Å². The smallest absolute Gasteiger partial charge is 0.149 e. The molecule has 1 atom stereocenters. The molecule has 0 unspecified atom stereocenters. The molecule has 21 heavy (non-hydrogen) atoms. The van der Waals surface area contributed by atoms with Crippen LogP contribution in [0.2, 0.25) is 5.15 Å². The van der Waals surface area contributed by atoms with Gasteiger partial charge in [0.2, 0.25) is 0 Å². The number of aliphatic hydroxyl groups excluding tert-OH is 1. The summed E-state index contributed by atoms with van der Waals surface area (Å²) in [6.07, 6.45) is 3.16. The molecule has 3 rings (SSSR count). The van der Waals surface area contributed by atoms with Gasteiger partial charge in [-0.05, 0) is 37.2 Å². The molecular weight excluding hydrogens is 288 g/mol. The zero-order valence-corrected chi connectivity index (χ0v) is 12.3. The van der Waals surface area contributed by atoms with Crippen LogP contribution in [0.4, 0.5) is 5.82 Å². The molecule has 1 aromatic heterocycles. The molecule has 2 aliphatic rings. The van der Waals surface area contributed by atoms with Crippen molar-refractivity contribution in [2.45, 2.75) is 37.7 Å². The van der Waals surface area contributed by atoms with Crippen molar-refractivity contribution in [1.82, 2.24) is 4.98 Å². The molecular formula is C15H15ClN4O. The van der Waals surface area contributed by atoms with Crippen LogP contribution >= 0.6 is 11.6 Å². The number of nitriles is 2. The van der Waals surface area contributed by atoms with E-state index in [1.807, 2.05) is 4.90 Å². The Labute approximate surface area is 128 Å². The van der Waals surface area contributed by atoms with Gasteiger partial charge >= 0.3 is 0 Å². The van der Waals surface area contributed by atoms with Crippen molar-refractivity contribution < 1.29 is 5.11 Å². The normalized spacial score (nSPS) is 21.7. The molecule has 0 bridgehead atoms. The average molecular weight is 303 g/mol. The summed E-state index contributed by atoms with van der Waals surface area (Å²) in [4.78, 5) is 6.19. The Kier molecular flexibility index (Phi) is 3.71. The van der Waals surface area contributed by atoms with Gasteiger partial charge in [0.25, 0.3) is 0 Å². The standard InChI is InChI=1S/C15H15ClN4O/c16-14-11(6-17)13(9-3-4-9)12(7-18)15(19-14)20-5-1-2-10(21)8-20/h9-10,21H,1-5,8H2/t10-/m1/s1. The number of halogens is 1. The van der Waals surface area contributed by atoms with E-state index in [9.17, 15) is 15.6 Å². The number of anilines is 1. The van der Waals surface area contributed by atoms with Gasteiger partial charge in [-0.1, -0.05) is 11.6 Å². The van der Waals surface area contributed by atoms with E-state index in [2.05, 4.69) is 17.1 Å². The number of pyridine rings is 1. The second-order valence-corrected chi connectivity index (χ2v) is 5.99. The molecule has 0 radical (unpaired) electrons. The summed E-state index contributed by atoms with van der Waals surface area (Å²) in [6.45, 7) is 1.19. The maximum Gasteiger partial charge on any atom is 0.149 e. The fraction of sp³-hybridized carbons (Fsp3) is 0.533. The van der Waals surface area contributed by atoms with E-state index < -0.39 is 6.10 Å². The van der Waals surface area contributed by atoms with Crippen LogP contribution in [0.25, 0.3) is 0 Å². The summed E-state index contributed by atoms with van der Waals surface area (Å²) in [5, 5.41) is 28.8. The van der Waals surface area contributed by atoms with E-state index in [0.29, 0.717) is 23.5 Å². The largest absolute Gasteiger partial charge is 0.391 e. The number of rotatable bonds is 2. The van der Waals surface area contributed by atoms with Crippen LogP contribution < -0.4 is 4.90 Å². The first-order chi connectivity index (χ1) is 10.2. The van der Waals surface area contributed by atoms with Gasteiger partial charge in [-0.2, -0.15) is 10.5 Å². The highest BCUT2D eigenvalue weighted by Crippen LogP contribution is 2.46. The molecule has 5 nitrogen and oxygen atoms in total. The number of aliphatic hydroxyl groups is 1. The van der Waals surface area contributed by atoms with Gasteiger partial charge in [0.1, 0.15) is 23.1 Å². The second-order valence-electron chi connectivity index (χ2n) is 5.63. The van der Waals surface area contributed by atoms with Crippen LogP contribution in [0.5, 0.6) is 0 Å². The third-order valence-corrected chi connectivity index (χ3v) is 4.35. The van der Waals surface area contributed by atoms with Crippen molar-refractivity contribution in [2.75, 3.05) is 18.0 Å². The lowest BCUT2D eigenvalue weighted by Gasteiger charge is -2.32. The van der Waals surface area contributed by atoms with Crippen molar-refractivity contribution in [2.24, 2.45) is 0 Å². The highest BCUT2D eigenvalue weighted by Gasteiger charge is 2.34. The van der Waals surface area contributed by atoms with Crippen LogP contribution in [0, 0.1) is 22.7 Å². The Bertz CT molecular complexity index is 657. The highest BCUT2D eigenvalue weighted by atomic mass is 35.5. The maximum atomic E-state index is 9.83. The lowest BCUT2D eigenvalue weighted by atomic mass is 9.99. The van der Waals surface area contributed by atoms with E-state index in [0.717, 1.165) is 37.8 Å². The zero-order chi connectivity index (χ0) is 15.0. The maximum absolute atomic E-state index is 9.83. The minimum absolute atomic E-state index is 0.161. The first-order valence-electron chi connectivity index (χ1n) is 7.12. The summed E-state index contributed by atoms with van der Waals surface area (Å²) in [7, 11) is 0. The predicted molar refractivity (Wildman–Crippen MR) is 78.1 cm³/mol. The summed E-state index contributed by atoms with van der Waals surface area (Å²) in [6, 6.07) is 4.29. The van der Waals surface area contributed by atoms with Gasteiger partial charge in [-0.25, -0.2) is 4.98 Å². The average Bonchev–Trinajstić information content (AvgIpc) is 3.30. The molecule has 0 amide bonds. The van der Waals surface area contributed by atoms with Crippen molar-refractivity contribution >= 4 is 17.4 Å². The molecule has 1 aliphatic carbocycles. The molecule has 1 aliphatic heterocycles. The molecule has 108 valence electrons. The molecule has 6 heteroatoms. The summed E-state index contributed by atoms with van der Waals surface area (Å²) in [5.41, 5.74) is 1.53. The van der Waals surface area contributed by atoms with Gasteiger partial charge in [0.15, 0.2) is 0 Å². The summed E-state index contributed by atoms with van der Waals surface area (Å²) >= 11 is 6.16. The molecule has 2 heterocycles. The van der Waals surface area contributed by atoms with Gasteiger partial charge < -0.3 is 10.0 Å². The lowest BCUT2D eigenvalue weighted by molar-refractivity contribution is 0.154. The molecule has 0 spiro atoms. The fourth-order valence-electron chi connectivity index (χ4n) is 2.93. The SMILES string of the molecule is N#Cc1c(Cl)nc(N2CCC[C@@H](O)C2)c(C#N)c1C1CC1. The minimum atomic E-state index is -0.411. The van der Waals surface area contributed by atoms with Gasteiger partial charge in [-0.3, -0.25) is 0 Å². The number of nitrogens with zero attached hydrogens (tertiary/aromatic N) is 4. The molecule has 1 aromatic rings. The molecule has 0 aromatic carbocycles. The van der Waals surface area contributed by atoms with Crippen LogP contribution in [0.3, 0.4) is 0 Å². The highest BCUT2D eigenvalue weighted by molar-refractivity contribution is 6.30. The number of hydrogen-bond donors (Lipinski definition) is 1. The minimum Gasteiger partial charge on any atom is -0.391 e. The number of hydrogen-bond acceptors (Lipinski definition) is 5. The first kappa shape index (κ1) is 14.1. The quantitative estimate of drug-likeness (QED) is 0.848. The molecule has 1 saturated carbocycles. The molecule has 2 fully saturated rings. The Morgan fingerprint density at radius 3 is 2.48 bits per heavy atom. The number of piperidine rings is 1. The fourth-order valence-corrected chi connectivity index (χ4v) is 3.16. The van der Waals surface area contributed by atoms with Crippen LogP contribution in [-0.4, -0.2) is 29.3 Å². The first-order valence-corrected chi connectivity index (χ1v) is 7.50. The van der Waals surface area contributed by atoms with Crippen molar-refractivity contribution in [3.63, 3.8) is 0 Å². The zero-order valence-electron chi connectivity index (χ0n) is 11.5. The Balaban J connectivity index is 2.13. The summed E-state index contributed by atoms with van der Waals surface area (Å²) in [5.74, 6) is 0.755. The van der Waals surface area contributed by atoms with E-state index in [1.54, 1.807) is 0 Å². The van der Waals surface area contributed by atoms with Crippen molar-refractivity contribution in [3.05, 3.63) is 21.8 Å². The monoisotopic (exact) mass is 302 g/mol. The van der Waals surface area contributed by atoms with E-state index in [4.69, 9.17) is 11.6 Å². The Hall–Kier alpha value is -1.82. The number of β-amino-alcohol motifs (C(OH)–C–C–N with tert-alkyl or cyclic N) is 1. The van der Waals surface area contributed by atoms with Crippen LogP contribution in [-0.2, 0) is 0 Å². The van der Waals surface area contributed by atoms with Gasteiger partial charge in [0, 0.05) is 13.1 Å². The van der Waals surface area contributed by atoms with E-state index in [-0.39, 0.29) is 11.1 Å². The Morgan fingerprint density at radius 2 is 1.90 bits per heavy atom. The molecule has 1 saturated heterocycles. The second kappa shape index (κ2) is 5.52. The van der Waals surface area contributed by atoms with Crippen LogP contribution in [0.15, 0.2) is 0 Å². The lowest BCUT2D eigenvalue weighted by Crippen LogP contribution is -2.39. The van der Waals surface area contributed by atoms with Crippen LogP contribution in [0.1, 0.15) is 48.3 Å². The van der Waals surface area contributed by atoms with E-state index >= 15 is 0 Å². The third-order valence-electron chi connectivity index (χ3n) is 4.08. The predicted octanol–water partition coefficient (Wildman–Crippen LogP) is 2.32. The number of aromatic nitrogens is 1. The molecule has 1 N–H and O–H groups in total. The third kappa shape index (κ3) is 2.55. The topological polar surface area (TPSA) is 83.9 Å². The van der Waals surface area contributed by atoms with Crippen molar-refractivity contribution in [3.8, 4) is 12.1 Å².